The zero-order valence-electron chi connectivity index (χ0n) is 15.7. The van der Waals surface area contributed by atoms with Crippen molar-refractivity contribution in [2.24, 2.45) is 0 Å². The van der Waals surface area contributed by atoms with E-state index < -0.39 is 11.5 Å². The van der Waals surface area contributed by atoms with Crippen molar-refractivity contribution in [2.45, 2.75) is 32.8 Å². The van der Waals surface area contributed by atoms with Crippen LogP contribution in [0.5, 0.6) is 0 Å². The maximum absolute atomic E-state index is 13.1. The van der Waals surface area contributed by atoms with E-state index in [0.29, 0.717) is 21.8 Å². The van der Waals surface area contributed by atoms with Crippen LogP contribution in [0.1, 0.15) is 39.0 Å². The molecular weight excluding hydrogens is 362 g/mol. The number of fused-ring (bicyclic) bond motifs is 1. The highest BCUT2D eigenvalue weighted by atomic mass is 35.5. The lowest BCUT2D eigenvalue weighted by atomic mass is 9.85. The number of hydrogen-bond acceptors (Lipinski definition) is 3. The molecule has 1 amide bonds. The van der Waals surface area contributed by atoms with Crippen molar-refractivity contribution in [3.8, 4) is 0 Å². The molecule has 4 nitrogen and oxygen atoms in total. The van der Waals surface area contributed by atoms with Gasteiger partial charge in [-0.25, -0.2) is 0 Å². The van der Waals surface area contributed by atoms with Gasteiger partial charge in [-0.05, 0) is 50.1 Å². The molecule has 3 rings (SSSR count). The zero-order chi connectivity index (χ0) is 19.9. The Morgan fingerprint density at radius 1 is 1.22 bits per heavy atom. The van der Waals surface area contributed by atoms with Crippen LogP contribution in [0.3, 0.4) is 0 Å². The number of aliphatic hydroxyl groups is 1. The van der Waals surface area contributed by atoms with Crippen molar-refractivity contribution in [2.75, 3.05) is 11.4 Å². The van der Waals surface area contributed by atoms with Crippen LogP contribution in [-0.4, -0.2) is 23.3 Å². The van der Waals surface area contributed by atoms with Crippen LogP contribution in [-0.2, 0) is 10.4 Å². The molecule has 1 atom stereocenters. The van der Waals surface area contributed by atoms with Crippen molar-refractivity contribution >= 4 is 29.0 Å². The maximum atomic E-state index is 13.1. The van der Waals surface area contributed by atoms with Crippen molar-refractivity contribution < 1.29 is 14.7 Å². The summed E-state index contributed by atoms with van der Waals surface area (Å²) in [5, 5.41) is 11.7. The summed E-state index contributed by atoms with van der Waals surface area (Å²) in [4.78, 5) is 27.5. The number of ketones is 1. The second-order valence-corrected chi connectivity index (χ2v) is 7.54. The van der Waals surface area contributed by atoms with Gasteiger partial charge in [-0.3, -0.25) is 9.59 Å². The van der Waals surface area contributed by atoms with E-state index in [1.165, 1.54) is 4.90 Å². The van der Waals surface area contributed by atoms with Gasteiger partial charge >= 0.3 is 0 Å². The molecule has 5 heteroatoms. The number of hydrogen-bond donors (Lipinski definition) is 1. The van der Waals surface area contributed by atoms with Crippen LogP contribution in [0, 0.1) is 20.8 Å². The van der Waals surface area contributed by atoms with Crippen molar-refractivity contribution in [3.05, 3.63) is 75.8 Å². The summed E-state index contributed by atoms with van der Waals surface area (Å²) in [5.74, 6) is -0.803. The molecule has 1 aliphatic heterocycles. The van der Waals surface area contributed by atoms with E-state index in [4.69, 9.17) is 11.6 Å². The third-order valence-electron chi connectivity index (χ3n) is 4.98. The number of anilines is 1. The molecule has 0 aromatic heterocycles. The summed E-state index contributed by atoms with van der Waals surface area (Å²) >= 11 is 6.10. The minimum atomic E-state index is -1.94. The average Bonchev–Trinajstić information content (AvgIpc) is 2.76. The highest BCUT2D eigenvalue weighted by Gasteiger charge is 2.50. The molecule has 0 bridgehead atoms. The molecule has 2 aromatic carbocycles. The van der Waals surface area contributed by atoms with Gasteiger partial charge < -0.3 is 10.0 Å². The number of benzene rings is 2. The first-order valence-electron chi connectivity index (χ1n) is 8.75. The van der Waals surface area contributed by atoms with Gasteiger partial charge in [0.15, 0.2) is 11.4 Å². The minimum Gasteiger partial charge on any atom is -0.375 e. The topological polar surface area (TPSA) is 57.6 Å². The third-order valence-corrected chi connectivity index (χ3v) is 5.21. The Morgan fingerprint density at radius 3 is 2.44 bits per heavy atom. The van der Waals surface area contributed by atoms with Crippen LogP contribution in [0.15, 0.2) is 43.0 Å². The predicted molar refractivity (Wildman–Crippen MR) is 107 cm³/mol. The Hall–Kier alpha value is -2.43. The van der Waals surface area contributed by atoms with E-state index in [1.54, 1.807) is 24.3 Å². The fourth-order valence-corrected chi connectivity index (χ4v) is 4.12. The fourth-order valence-electron chi connectivity index (χ4n) is 3.94. The third kappa shape index (κ3) is 3.20. The van der Waals surface area contributed by atoms with Crippen molar-refractivity contribution in [1.29, 1.82) is 0 Å². The molecule has 0 spiro atoms. The number of halogens is 1. The monoisotopic (exact) mass is 383 g/mol. The van der Waals surface area contributed by atoms with Gasteiger partial charge in [0.1, 0.15) is 0 Å². The molecule has 0 radical (unpaired) electrons. The molecule has 0 aliphatic carbocycles. The average molecular weight is 384 g/mol. The number of nitrogens with zero attached hydrogens (tertiary/aromatic N) is 1. The second kappa shape index (κ2) is 6.95. The van der Waals surface area contributed by atoms with E-state index in [-0.39, 0.29) is 18.7 Å². The first-order chi connectivity index (χ1) is 12.7. The van der Waals surface area contributed by atoms with Crippen LogP contribution in [0.2, 0.25) is 5.02 Å². The van der Waals surface area contributed by atoms with Gasteiger partial charge in [0.2, 0.25) is 0 Å². The molecule has 27 heavy (non-hydrogen) atoms. The highest BCUT2D eigenvalue weighted by Crippen LogP contribution is 2.44. The Balaban J connectivity index is 2.06. The van der Waals surface area contributed by atoms with E-state index in [1.807, 2.05) is 32.9 Å². The number of carbonyl (C=O) groups is 2. The number of rotatable bonds is 5. The van der Waals surface area contributed by atoms with Gasteiger partial charge in [-0.15, -0.1) is 6.58 Å². The van der Waals surface area contributed by atoms with Gasteiger partial charge in [0.25, 0.3) is 5.91 Å². The predicted octanol–water partition coefficient (Wildman–Crippen LogP) is 4.26. The van der Waals surface area contributed by atoms with Gasteiger partial charge in [0, 0.05) is 22.7 Å². The van der Waals surface area contributed by atoms with E-state index in [9.17, 15) is 14.7 Å². The molecule has 1 heterocycles. The molecule has 0 fully saturated rings. The second-order valence-electron chi connectivity index (χ2n) is 7.10. The minimum absolute atomic E-state index is 0.243. The Bertz CT molecular complexity index is 943. The SMILES string of the molecule is C=CCN1C(=O)C(O)(CC(=O)c2c(C)cc(C)cc2C)c2cc(Cl)ccc21. The normalized spacial score (nSPS) is 18.6. The fraction of sp³-hybridized carbons (Fsp3) is 0.273. The first kappa shape index (κ1) is 19.3. The quantitative estimate of drug-likeness (QED) is 0.620. The molecule has 1 aliphatic rings. The Kier molecular flexibility index (Phi) is 4.98. The summed E-state index contributed by atoms with van der Waals surface area (Å²) in [6.07, 6.45) is 1.25. The van der Waals surface area contributed by atoms with Crippen LogP contribution in [0.25, 0.3) is 0 Å². The molecule has 1 N–H and O–H groups in total. The first-order valence-corrected chi connectivity index (χ1v) is 9.13. The van der Waals surface area contributed by atoms with Crippen molar-refractivity contribution in [1.82, 2.24) is 0 Å². The molecule has 0 saturated heterocycles. The summed E-state index contributed by atoms with van der Waals surface area (Å²) in [6.45, 7) is 9.60. The van der Waals surface area contributed by atoms with Gasteiger partial charge in [-0.2, -0.15) is 0 Å². The van der Waals surface area contributed by atoms with Crippen LogP contribution in [0.4, 0.5) is 5.69 Å². The summed E-state index contributed by atoms with van der Waals surface area (Å²) in [6, 6.07) is 8.75. The Morgan fingerprint density at radius 2 is 1.85 bits per heavy atom. The number of Topliss-reactive ketones (excluding diaryl/α,β-unsaturated/α-hetero) is 1. The zero-order valence-corrected chi connectivity index (χ0v) is 16.4. The maximum Gasteiger partial charge on any atom is 0.264 e. The summed E-state index contributed by atoms with van der Waals surface area (Å²) < 4.78 is 0. The van der Waals surface area contributed by atoms with E-state index in [0.717, 1.165) is 16.7 Å². The van der Waals surface area contributed by atoms with Gasteiger partial charge in [0.05, 0.1) is 12.1 Å². The molecule has 2 aromatic rings. The van der Waals surface area contributed by atoms with Crippen LogP contribution >= 0.6 is 11.6 Å². The molecule has 140 valence electrons. The molecular formula is C22H22ClNO3. The number of carbonyl (C=O) groups excluding carboxylic acids is 2. The number of amides is 1. The Labute approximate surface area is 164 Å². The number of aryl methyl sites for hydroxylation is 3. The van der Waals surface area contributed by atoms with Gasteiger partial charge in [-0.1, -0.05) is 35.4 Å². The summed E-state index contributed by atoms with van der Waals surface area (Å²) in [7, 11) is 0. The van der Waals surface area contributed by atoms with E-state index >= 15 is 0 Å². The standard InChI is InChI=1S/C22H22ClNO3/c1-5-8-24-18-7-6-16(23)11-17(18)22(27,21(24)26)12-19(25)20-14(3)9-13(2)10-15(20)4/h5-7,9-11,27H,1,8,12H2,2-4H3. The molecule has 1 unspecified atom stereocenters. The van der Waals surface area contributed by atoms with Crippen molar-refractivity contribution in [3.63, 3.8) is 0 Å². The summed E-state index contributed by atoms with van der Waals surface area (Å²) in [5.41, 5.74) is 2.25. The lowest BCUT2D eigenvalue weighted by Gasteiger charge is -2.23. The lowest BCUT2D eigenvalue weighted by Crippen LogP contribution is -2.42. The highest BCUT2D eigenvalue weighted by molar-refractivity contribution is 6.31. The lowest BCUT2D eigenvalue weighted by molar-refractivity contribution is -0.135. The molecule has 0 saturated carbocycles. The smallest absolute Gasteiger partial charge is 0.264 e. The van der Waals surface area contributed by atoms with Crippen LogP contribution < -0.4 is 4.90 Å². The largest absolute Gasteiger partial charge is 0.375 e. The van der Waals surface area contributed by atoms with E-state index in [2.05, 4.69) is 6.58 Å².